The molecule has 0 amide bonds. The first-order chi connectivity index (χ1) is 5.58. The van der Waals surface area contributed by atoms with Crippen molar-refractivity contribution in [3.05, 3.63) is 17.0 Å². The molecule has 0 atom stereocenters. The van der Waals surface area contributed by atoms with Crippen LogP contribution in [0.25, 0.3) is 0 Å². The first-order valence-corrected chi connectivity index (χ1v) is 3.94. The third-order valence-corrected chi connectivity index (χ3v) is 1.35. The molecule has 1 rings (SSSR count). The number of halogens is 1. The highest BCUT2D eigenvalue weighted by Crippen LogP contribution is 2.10. The number of anilines is 1. The fourth-order valence-electron chi connectivity index (χ4n) is 0.722. The second-order valence-electron chi connectivity index (χ2n) is 2.11. The lowest BCUT2D eigenvalue weighted by molar-refractivity contribution is 1.06. The smallest absolute Gasteiger partial charge is 0.169 e. The molecule has 0 aliphatic heterocycles. The Hall–Kier alpha value is -0.940. The molecule has 4 nitrogen and oxygen atoms in total. The fourth-order valence-corrected chi connectivity index (χ4v) is 1.05. The van der Waals surface area contributed by atoms with Crippen LogP contribution < -0.4 is 11.1 Å². The lowest BCUT2D eigenvalue weighted by Crippen LogP contribution is -2.19. The number of rotatable bonds is 1. The largest absolute Gasteiger partial charge is 0.376 e. The molecule has 64 valence electrons. The van der Waals surface area contributed by atoms with E-state index in [-0.39, 0.29) is 5.11 Å². The maximum atomic E-state index is 5.66. The van der Waals surface area contributed by atoms with Crippen LogP contribution in [0.15, 0.2) is 6.07 Å². The molecule has 1 aromatic heterocycles. The predicted molar refractivity (Wildman–Crippen MR) is 52.2 cm³/mol. The molecular formula is C6H7ClN4S. The van der Waals surface area contributed by atoms with E-state index in [4.69, 9.17) is 17.3 Å². The summed E-state index contributed by atoms with van der Waals surface area (Å²) in [6, 6.07) is 1.55. The monoisotopic (exact) mass is 202 g/mol. The average molecular weight is 203 g/mol. The summed E-state index contributed by atoms with van der Waals surface area (Å²) in [6.07, 6.45) is 0. The first kappa shape index (κ1) is 9.15. The topological polar surface area (TPSA) is 63.8 Å². The second kappa shape index (κ2) is 3.64. The molecule has 0 aromatic carbocycles. The maximum Gasteiger partial charge on any atom is 0.169 e. The number of hydrogen-bond acceptors (Lipinski definition) is 3. The van der Waals surface area contributed by atoms with Crippen molar-refractivity contribution in [1.29, 1.82) is 0 Å². The van der Waals surface area contributed by atoms with Crippen molar-refractivity contribution < 1.29 is 0 Å². The molecule has 3 N–H and O–H groups in total. The van der Waals surface area contributed by atoms with Gasteiger partial charge in [-0.15, -0.1) is 0 Å². The number of aryl methyl sites for hydroxylation is 1. The van der Waals surface area contributed by atoms with Gasteiger partial charge in [-0.3, -0.25) is 0 Å². The van der Waals surface area contributed by atoms with Gasteiger partial charge in [-0.05, 0) is 19.1 Å². The average Bonchev–Trinajstić information content (AvgIpc) is 1.81. The van der Waals surface area contributed by atoms with Crippen molar-refractivity contribution in [3.8, 4) is 0 Å². The molecule has 0 aliphatic rings. The third-order valence-electron chi connectivity index (χ3n) is 1.06. The van der Waals surface area contributed by atoms with E-state index in [1.807, 2.05) is 0 Å². The Kier molecular flexibility index (Phi) is 2.78. The number of thiocarbonyl (C=S) groups is 1. The molecule has 1 heterocycles. The van der Waals surface area contributed by atoms with Gasteiger partial charge in [0.2, 0.25) is 0 Å². The molecule has 6 heteroatoms. The predicted octanol–water partition coefficient (Wildman–Crippen LogP) is 1.09. The van der Waals surface area contributed by atoms with Gasteiger partial charge in [-0.2, -0.15) is 0 Å². The highest BCUT2D eigenvalue weighted by atomic mass is 35.5. The standard InChI is InChI=1S/C6H7ClN4S/c1-3-9-4(7)2-5(10-3)11-6(8)12/h2H,1H3,(H3,8,9,10,11,12). The van der Waals surface area contributed by atoms with Crippen LogP contribution in [0, 0.1) is 6.92 Å². The van der Waals surface area contributed by atoms with E-state index >= 15 is 0 Å². The van der Waals surface area contributed by atoms with E-state index in [1.54, 1.807) is 13.0 Å². The van der Waals surface area contributed by atoms with Crippen molar-refractivity contribution in [2.45, 2.75) is 6.92 Å². The summed E-state index contributed by atoms with van der Waals surface area (Å²) < 4.78 is 0. The fraction of sp³-hybridized carbons (Fsp3) is 0.167. The number of nitrogens with zero attached hydrogens (tertiary/aromatic N) is 2. The maximum absolute atomic E-state index is 5.66. The van der Waals surface area contributed by atoms with Gasteiger partial charge in [-0.25, -0.2) is 9.97 Å². The molecule has 12 heavy (non-hydrogen) atoms. The Balaban J connectivity index is 2.93. The quantitative estimate of drug-likeness (QED) is 0.528. The number of nitrogens with one attached hydrogen (secondary N) is 1. The van der Waals surface area contributed by atoms with Gasteiger partial charge in [-0.1, -0.05) is 11.6 Å². The van der Waals surface area contributed by atoms with Gasteiger partial charge < -0.3 is 11.1 Å². The van der Waals surface area contributed by atoms with Crippen molar-refractivity contribution in [2.75, 3.05) is 5.32 Å². The van der Waals surface area contributed by atoms with E-state index < -0.39 is 0 Å². The minimum absolute atomic E-state index is 0.157. The molecule has 0 spiro atoms. The van der Waals surface area contributed by atoms with Gasteiger partial charge in [0.25, 0.3) is 0 Å². The van der Waals surface area contributed by atoms with Crippen LogP contribution in [-0.2, 0) is 0 Å². The third kappa shape index (κ3) is 2.60. The molecule has 0 saturated carbocycles. The highest BCUT2D eigenvalue weighted by molar-refractivity contribution is 7.80. The van der Waals surface area contributed by atoms with E-state index in [2.05, 4.69) is 27.5 Å². The van der Waals surface area contributed by atoms with E-state index in [0.717, 1.165) is 0 Å². The van der Waals surface area contributed by atoms with Crippen LogP contribution in [0.2, 0.25) is 5.15 Å². The summed E-state index contributed by atoms with van der Waals surface area (Å²) in [7, 11) is 0. The van der Waals surface area contributed by atoms with E-state index in [0.29, 0.717) is 16.8 Å². The lowest BCUT2D eigenvalue weighted by atomic mass is 10.5. The number of aromatic nitrogens is 2. The Morgan fingerprint density at radius 2 is 2.33 bits per heavy atom. The minimum Gasteiger partial charge on any atom is -0.376 e. The molecule has 0 fully saturated rings. The van der Waals surface area contributed by atoms with Crippen LogP contribution in [0.5, 0.6) is 0 Å². The molecular weight excluding hydrogens is 196 g/mol. The summed E-state index contributed by atoms with van der Waals surface area (Å²) in [5, 5.41) is 3.18. The molecule has 1 aromatic rings. The lowest BCUT2D eigenvalue weighted by Gasteiger charge is -2.02. The number of hydrogen-bond donors (Lipinski definition) is 2. The summed E-state index contributed by atoms with van der Waals surface area (Å²) in [5.74, 6) is 1.08. The molecule has 0 unspecified atom stereocenters. The summed E-state index contributed by atoms with van der Waals surface area (Å²) >= 11 is 10.3. The summed E-state index contributed by atoms with van der Waals surface area (Å²) in [5.41, 5.74) is 5.24. The Labute approximate surface area is 80.2 Å². The molecule has 0 radical (unpaired) electrons. The van der Waals surface area contributed by atoms with Gasteiger partial charge in [0.05, 0.1) is 0 Å². The van der Waals surface area contributed by atoms with Crippen molar-refractivity contribution in [1.82, 2.24) is 9.97 Å². The Morgan fingerprint density at radius 1 is 1.67 bits per heavy atom. The van der Waals surface area contributed by atoms with Crippen molar-refractivity contribution in [2.24, 2.45) is 5.73 Å². The van der Waals surface area contributed by atoms with Gasteiger partial charge in [0, 0.05) is 6.07 Å². The minimum atomic E-state index is 0.157. The normalized spacial score (nSPS) is 9.50. The summed E-state index contributed by atoms with van der Waals surface area (Å²) in [6.45, 7) is 1.73. The first-order valence-electron chi connectivity index (χ1n) is 3.15. The van der Waals surface area contributed by atoms with Crippen molar-refractivity contribution in [3.63, 3.8) is 0 Å². The van der Waals surface area contributed by atoms with Gasteiger partial charge >= 0.3 is 0 Å². The van der Waals surface area contributed by atoms with Crippen LogP contribution in [0.4, 0.5) is 5.82 Å². The van der Waals surface area contributed by atoms with Gasteiger partial charge in [0.1, 0.15) is 16.8 Å². The van der Waals surface area contributed by atoms with Crippen LogP contribution >= 0.6 is 23.8 Å². The Morgan fingerprint density at radius 3 is 2.83 bits per heavy atom. The van der Waals surface area contributed by atoms with Gasteiger partial charge in [0.15, 0.2) is 5.11 Å². The van der Waals surface area contributed by atoms with E-state index in [9.17, 15) is 0 Å². The number of nitrogens with two attached hydrogens (primary N) is 1. The van der Waals surface area contributed by atoms with Crippen molar-refractivity contribution >= 4 is 34.7 Å². The Bertz CT molecular complexity index is 294. The second-order valence-corrected chi connectivity index (χ2v) is 2.94. The summed E-state index contributed by atoms with van der Waals surface area (Å²) in [4.78, 5) is 7.87. The zero-order chi connectivity index (χ0) is 9.14. The van der Waals surface area contributed by atoms with Crippen LogP contribution in [0.3, 0.4) is 0 Å². The van der Waals surface area contributed by atoms with E-state index in [1.165, 1.54) is 0 Å². The van der Waals surface area contributed by atoms with Crippen LogP contribution in [-0.4, -0.2) is 15.1 Å². The van der Waals surface area contributed by atoms with Crippen LogP contribution in [0.1, 0.15) is 5.82 Å². The molecule has 0 bridgehead atoms. The molecule has 0 saturated heterocycles. The highest BCUT2D eigenvalue weighted by Gasteiger charge is 1.99. The SMILES string of the molecule is Cc1nc(Cl)cc(NC(N)=S)n1. The zero-order valence-electron chi connectivity index (χ0n) is 6.34. The zero-order valence-corrected chi connectivity index (χ0v) is 7.91. The molecule has 0 aliphatic carbocycles.